The second-order valence-electron chi connectivity index (χ2n) is 5.67. The maximum absolute atomic E-state index is 13.5. The topological polar surface area (TPSA) is 78.9 Å². The molecular formula is C16H21FN2O4. The zero-order valence-corrected chi connectivity index (χ0v) is 13.0. The number of hydrogen-bond acceptors (Lipinski definition) is 3. The second-order valence-corrected chi connectivity index (χ2v) is 5.67. The van der Waals surface area contributed by atoms with E-state index in [1.54, 1.807) is 19.1 Å². The minimum atomic E-state index is -0.876. The van der Waals surface area contributed by atoms with Crippen molar-refractivity contribution in [2.45, 2.75) is 25.9 Å². The van der Waals surface area contributed by atoms with Crippen molar-refractivity contribution in [1.29, 1.82) is 0 Å². The number of urea groups is 1. The standard InChI is InChI=1S/C16H21FN2O4/c1-11(23-14-7-3-2-6-13(14)17)9-18-16(22)19-8-4-5-12(10-19)15(20)21/h2-3,6-7,11-12H,4-5,8-10H2,1H3,(H,18,22)(H,20,21). The number of carbonyl (C=O) groups is 2. The molecule has 1 aliphatic rings. The molecule has 1 aromatic rings. The smallest absolute Gasteiger partial charge is 0.317 e. The molecule has 1 fully saturated rings. The van der Waals surface area contributed by atoms with Crippen molar-refractivity contribution in [3.8, 4) is 5.75 Å². The summed E-state index contributed by atoms with van der Waals surface area (Å²) in [6.45, 7) is 2.69. The SMILES string of the molecule is CC(CNC(=O)N1CCCC(C(=O)O)C1)Oc1ccccc1F. The van der Waals surface area contributed by atoms with Crippen molar-refractivity contribution in [1.82, 2.24) is 10.2 Å². The highest BCUT2D eigenvalue weighted by Gasteiger charge is 2.28. The first-order valence-electron chi connectivity index (χ1n) is 7.64. The van der Waals surface area contributed by atoms with Crippen LogP contribution in [0, 0.1) is 11.7 Å². The van der Waals surface area contributed by atoms with Gasteiger partial charge in [0.1, 0.15) is 6.10 Å². The number of nitrogens with one attached hydrogen (secondary N) is 1. The fraction of sp³-hybridized carbons (Fsp3) is 0.500. The van der Waals surface area contributed by atoms with Gasteiger partial charge in [0.05, 0.1) is 12.5 Å². The lowest BCUT2D eigenvalue weighted by atomic mass is 9.99. The summed E-state index contributed by atoms with van der Waals surface area (Å²) in [7, 11) is 0. The third kappa shape index (κ3) is 4.84. The van der Waals surface area contributed by atoms with Gasteiger partial charge < -0.3 is 20.1 Å². The van der Waals surface area contributed by atoms with Crippen LogP contribution in [0.4, 0.5) is 9.18 Å². The summed E-state index contributed by atoms with van der Waals surface area (Å²) in [5.41, 5.74) is 0. The van der Waals surface area contributed by atoms with Gasteiger partial charge in [-0.2, -0.15) is 0 Å². The molecule has 0 aliphatic carbocycles. The van der Waals surface area contributed by atoms with Gasteiger partial charge in [0.2, 0.25) is 0 Å². The van der Waals surface area contributed by atoms with Crippen LogP contribution in [-0.2, 0) is 4.79 Å². The van der Waals surface area contributed by atoms with Crippen molar-refractivity contribution in [2.75, 3.05) is 19.6 Å². The minimum Gasteiger partial charge on any atom is -0.486 e. The zero-order valence-electron chi connectivity index (χ0n) is 13.0. The summed E-state index contributed by atoms with van der Waals surface area (Å²) in [6, 6.07) is 5.75. The number of benzene rings is 1. The van der Waals surface area contributed by atoms with Crippen LogP contribution in [-0.4, -0.2) is 47.7 Å². The Bertz CT molecular complexity index is 567. The molecule has 2 amide bonds. The van der Waals surface area contributed by atoms with E-state index in [-0.39, 0.29) is 24.9 Å². The fourth-order valence-corrected chi connectivity index (χ4v) is 2.50. The summed E-state index contributed by atoms with van der Waals surface area (Å²) in [6.07, 6.45) is 0.855. The largest absolute Gasteiger partial charge is 0.486 e. The number of nitrogens with zero attached hydrogens (tertiary/aromatic N) is 1. The fourth-order valence-electron chi connectivity index (χ4n) is 2.50. The van der Waals surface area contributed by atoms with E-state index in [9.17, 15) is 14.0 Å². The van der Waals surface area contributed by atoms with Gasteiger partial charge in [-0.3, -0.25) is 4.79 Å². The van der Waals surface area contributed by atoms with E-state index in [0.717, 1.165) is 0 Å². The molecule has 0 bridgehead atoms. The first-order chi connectivity index (χ1) is 11.0. The van der Waals surface area contributed by atoms with Crippen LogP contribution in [0.2, 0.25) is 0 Å². The van der Waals surface area contributed by atoms with Crippen molar-refractivity contribution in [2.24, 2.45) is 5.92 Å². The number of carboxylic acids is 1. The van der Waals surface area contributed by atoms with Gasteiger partial charge >= 0.3 is 12.0 Å². The van der Waals surface area contributed by atoms with Gasteiger partial charge in [-0.25, -0.2) is 9.18 Å². The van der Waals surface area contributed by atoms with Crippen LogP contribution >= 0.6 is 0 Å². The molecule has 126 valence electrons. The monoisotopic (exact) mass is 324 g/mol. The summed E-state index contributed by atoms with van der Waals surface area (Å²) in [5, 5.41) is 11.7. The number of ether oxygens (including phenoxy) is 1. The number of halogens is 1. The molecule has 1 aromatic carbocycles. The highest BCUT2D eigenvalue weighted by atomic mass is 19.1. The maximum Gasteiger partial charge on any atom is 0.317 e. The molecule has 7 heteroatoms. The Morgan fingerprint density at radius 1 is 1.48 bits per heavy atom. The average Bonchev–Trinajstić information content (AvgIpc) is 2.55. The van der Waals surface area contributed by atoms with Crippen LogP contribution in [0.15, 0.2) is 24.3 Å². The molecule has 0 radical (unpaired) electrons. The Morgan fingerprint density at radius 3 is 2.91 bits per heavy atom. The molecule has 23 heavy (non-hydrogen) atoms. The number of carbonyl (C=O) groups excluding carboxylic acids is 1. The van der Waals surface area contributed by atoms with Crippen molar-refractivity contribution >= 4 is 12.0 Å². The molecule has 1 aliphatic heterocycles. The molecule has 6 nitrogen and oxygen atoms in total. The first kappa shape index (κ1) is 17.1. The number of carboxylic acid groups (broad SMARTS) is 1. The zero-order chi connectivity index (χ0) is 16.8. The van der Waals surface area contributed by atoms with Crippen LogP contribution < -0.4 is 10.1 Å². The molecule has 0 saturated carbocycles. The quantitative estimate of drug-likeness (QED) is 0.869. The van der Waals surface area contributed by atoms with Gasteiger partial charge in [0.15, 0.2) is 11.6 Å². The number of aliphatic carboxylic acids is 1. The molecule has 2 rings (SSSR count). The van der Waals surface area contributed by atoms with Crippen molar-refractivity contribution in [3.63, 3.8) is 0 Å². The summed E-state index contributed by atoms with van der Waals surface area (Å²) in [4.78, 5) is 24.6. The molecule has 0 spiro atoms. The first-order valence-corrected chi connectivity index (χ1v) is 7.64. The number of piperidine rings is 1. The van der Waals surface area contributed by atoms with E-state index in [0.29, 0.717) is 19.4 Å². The normalized spacial score (nSPS) is 19.0. The van der Waals surface area contributed by atoms with Crippen molar-refractivity contribution in [3.05, 3.63) is 30.1 Å². The second kappa shape index (κ2) is 7.80. The lowest BCUT2D eigenvalue weighted by Crippen LogP contribution is -2.48. The Balaban J connectivity index is 1.79. The molecule has 1 saturated heterocycles. The predicted molar refractivity (Wildman–Crippen MR) is 81.8 cm³/mol. The Kier molecular flexibility index (Phi) is 5.78. The van der Waals surface area contributed by atoms with Crippen molar-refractivity contribution < 1.29 is 23.8 Å². The van der Waals surface area contributed by atoms with Crippen LogP contribution in [0.3, 0.4) is 0 Å². The Hall–Kier alpha value is -2.31. The third-order valence-corrected chi connectivity index (χ3v) is 3.76. The van der Waals surface area contributed by atoms with E-state index >= 15 is 0 Å². The number of rotatable bonds is 5. The van der Waals surface area contributed by atoms with E-state index in [1.165, 1.54) is 17.0 Å². The highest BCUT2D eigenvalue weighted by Crippen LogP contribution is 2.18. The third-order valence-electron chi connectivity index (χ3n) is 3.76. The molecule has 2 N–H and O–H groups in total. The number of para-hydroxylation sites is 1. The lowest BCUT2D eigenvalue weighted by Gasteiger charge is -2.31. The van der Waals surface area contributed by atoms with Gasteiger partial charge in [-0.1, -0.05) is 12.1 Å². The summed E-state index contributed by atoms with van der Waals surface area (Å²) >= 11 is 0. The molecule has 2 unspecified atom stereocenters. The average molecular weight is 324 g/mol. The number of amides is 2. The number of likely N-dealkylation sites (tertiary alicyclic amines) is 1. The number of hydrogen-bond donors (Lipinski definition) is 2. The molecule has 1 heterocycles. The lowest BCUT2D eigenvalue weighted by molar-refractivity contribution is -0.143. The van der Waals surface area contributed by atoms with Crippen LogP contribution in [0.5, 0.6) is 5.75 Å². The molecule has 2 atom stereocenters. The van der Waals surface area contributed by atoms with E-state index in [4.69, 9.17) is 9.84 Å². The Labute approximate surface area is 134 Å². The van der Waals surface area contributed by atoms with Gasteiger partial charge in [-0.15, -0.1) is 0 Å². The van der Waals surface area contributed by atoms with Gasteiger partial charge in [0, 0.05) is 13.1 Å². The summed E-state index contributed by atoms with van der Waals surface area (Å²) < 4.78 is 18.9. The molecular weight excluding hydrogens is 303 g/mol. The minimum absolute atomic E-state index is 0.137. The van der Waals surface area contributed by atoms with E-state index in [1.807, 2.05) is 0 Å². The molecule has 0 aromatic heterocycles. The van der Waals surface area contributed by atoms with Crippen LogP contribution in [0.25, 0.3) is 0 Å². The van der Waals surface area contributed by atoms with Gasteiger partial charge in [-0.05, 0) is 31.9 Å². The summed E-state index contributed by atoms with van der Waals surface area (Å²) in [5.74, 6) is -1.70. The highest BCUT2D eigenvalue weighted by molar-refractivity contribution is 5.76. The van der Waals surface area contributed by atoms with E-state index < -0.39 is 23.8 Å². The predicted octanol–water partition coefficient (Wildman–Crippen LogP) is 2.10. The van der Waals surface area contributed by atoms with Crippen LogP contribution in [0.1, 0.15) is 19.8 Å². The maximum atomic E-state index is 13.5. The van der Waals surface area contributed by atoms with Gasteiger partial charge in [0.25, 0.3) is 0 Å². The van der Waals surface area contributed by atoms with E-state index in [2.05, 4.69) is 5.32 Å². The Morgan fingerprint density at radius 2 is 2.22 bits per heavy atom.